The minimum absolute atomic E-state index is 0.470. The van der Waals surface area contributed by atoms with E-state index in [-0.39, 0.29) is 0 Å². The number of rotatable bonds is 1. The predicted molar refractivity (Wildman–Crippen MR) is 20.3 cm³/mol. The summed E-state index contributed by atoms with van der Waals surface area (Å²) in [5.74, 6) is -1.43. The summed E-state index contributed by atoms with van der Waals surface area (Å²) in [4.78, 5) is 0. The van der Waals surface area contributed by atoms with Gasteiger partial charge in [-0.3, -0.25) is 0 Å². The van der Waals surface area contributed by atoms with Crippen LogP contribution >= 0.6 is 0 Å². The molecule has 41 valence electrons. The Labute approximate surface area is 39.6 Å². The second-order valence-corrected chi connectivity index (χ2v) is 0.915. The van der Waals surface area contributed by atoms with E-state index in [0.717, 1.165) is 0 Å². The average Bonchev–Trinajstić information content (AvgIpc) is 1.65. The van der Waals surface area contributed by atoms with Crippen LogP contribution in [0.25, 0.3) is 0 Å². The molecule has 0 atom stereocenters. The van der Waals surface area contributed by atoms with E-state index in [0.29, 0.717) is 0 Å². The van der Waals surface area contributed by atoms with Crippen LogP contribution in [0.2, 0.25) is 0 Å². The fourth-order valence-corrected chi connectivity index (χ4v) is 0.0945. The molecule has 1 radical (unpaired) electrons. The smallest absolute Gasteiger partial charge is 0.206 e. The van der Waals surface area contributed by atoms with E-state index in [2.05, 4.69) is 6.92 Å². The molecule has 0 N–H and O–H groups in total. The van der Waals surface area contributed by atoms with Crippen LogP contribution in [0.3, 0.4) is 0 Å². The lowest BCUT2D eigenvalue weighted by molar-refractivity contribution is 0.375. The van der Waals surface area contributed by atoms with Crippen LogP contribution < -0.4 is 0 Å². The summed E-state index contributed by atoms with van der Waals surface area (Å²) in [5, 5.41) is 0. The van der Waals surface area contributed by atoms with Gasteiger partial charge in [-0.25, -0.2) is 4.39 Å². The molecule has 0 saturated carbocycles. The fourth-order valence-electron chi connectivity index (χ4n) is 0.0945. The Balaban J connectivity index is 3.72. The maximum Gasteiger partial charge on any atom is 0.301 e. The Morgan fingerprint density at radius 2 is 1.71 bits per heavy atom. The first kappa shape index (κ1) is 6.53. The lowest BCUT2D eigenvalue weighted by Gasteiger charge is -1.81. The standard InChI is InChI=1S/C4H4F3/c1-2-3(5)4(6)7/h1-2H2. The fraction of sp³-hybridized carbons (Fsp3) is 0.250. The van der Waals surface area contributed by atoms with Crippen molar-refractivity contribution in [3.05, 3.63) is 18.8 Å². The lowest BCUT2D eigenvalue weighted by atomic mass is 10.4. The molecule has 0 aliphatic carbocycles. The molecule has 0 amide bonds. The molecule has 0 rings (SSSR count). The maximum absolute atomic E-state index is 11.3. The molecule has 0 unspecified atom stereocenters. The molecule has 0 saturated heterocycles. The average molecular weight is 109 g/mol. The van der Waals surface area contributed by atoms with Gasteiger partial charge in [-0.1, -0.05) is 0 Å². The van der Waals surface area contributed by atoms with Gasteiger partial charge in [0, 0.05) is 6.42 Å². The van der Waals surface area contributed by atoms with Crippen LogP contribution in [-0.2, 0) is 0 Å². The van der Waals surface area contributed by atoms with Crippen molar-refractivity contribution in [2.45, 2.75) is 6.42 Å². The normalized spacial score (nSPS) is 8.57. The molecule has 0 aliphatic heterocycles. The molecule has 3 heteroatoms. The van der Waals surface area contributed by atoms with Crippen LogP contribution in [0.4, 0.5) is 13.2 Å². The third kappa shape index (κ3) is 2.25. The molecule has 0 fully saturated rings. The lowest BCUT2D eigenvalue weighted by Crippen LogP contribution is -1.68. The quantitative estimate of drug-likeness (QED) is 0.484. The van der Waals surface area contributed by atoms with Crippen LogP contribution in [0.5, 0.6) is 0 Å². The highest BCUT2D eigenvalue weighted by atomic mass is 19.3. The predicted octanol–water partition coefficient (Wildman–Crippen LogP) is 2.29. The number of hydrogen-bond acceptors (Lipinski definition) is 0. The zero-order valence-electron chi connectivity index (χ0n) is 3.55. The number of allylic oxidation sites excluding steroid dienone is 1. The van der Waals surface area contributed by atoms with Crippen LogP contribution in [0, 0.1) is 6.92 Å². The Morgan fingerprint density at radius 1 is 1.29 bits per heavy atom. The molecule has 0 spiro atoms. The van der Waals surface area contributed by atoms with E-state index in [9.17, 15) is 13.2 Å². The monoisotopic (exact) mass is 109 g/mol. The minimum Gasteiger partial charge on any atom is -0.206 e. The first-order valence-electron chi connectivity index (χ1n) is 1.67. The van der Waals surface area contributed by atoms with Crippen molar-refractivity contribution in [2.24, 2.45) is 0 Å². The van der Waals surface area contributed by atoms with Gasteiger partial charge >= 0.3 is 6.08 Å². The highest BCUT2D eigenvalue weighted by Crippen LogP contribution is 2.10. The third-order valence-corrected chi connectivity index (χ3v) is 0.425. The summed E-state index contributed by atoms with van der Waals surface area (Å²) < 4.78 is 33.1. The summed E-state index contributed by atoms with van der Waals surface area (Å²) in [7, 11) is 0. The molecule has 0 aromatic rings. The van der Waals surface area contributed by atoms with E-state index in [1.54, 1.807) is 0 Å². The van der Waals surface area contributed by atoms with E-state index < -0.39 is 18.3 Å². The first-order valence-corrected chi connectivity index (χ1v) is 1.67. The Hall–Kier alpha value is -0.470. The molecular weight excluding hydrogens is 105 g/mol. The van der Waals surface area contributed by atoms with Gasteiger partial charge in [-0.05, 0) is 6.92 Å². The Bertz CT molecular complexity index is 80.9. The van der Waals surface area contributed by atoms with Gasteiger partial charge in [0.1, 0.15) is 0 Å². The molecule has 0 heterocycles. The van der Waals surface area contributed by atoms with E-state index in [4.69, 9.17) is 0 Å². The van der Waals surface area contributed by atoms with Crippen LogP contribution in [-0.4, -0.2) is 0 Å². The van der Waals surface area contributed by atoms with Gasteiger partial charge in [0.05, 0.1) is 0 Å². The van der Waals surface area contributed by atoms with Crippen molar-refractivity contribution in [1.82, 2.24) is 0 Å². The zero-order chi connectivity index (χ0) is 5.86. The molecule has 0 aromatic carbocycles. The van der Waals surface area contributed by atoms with E-state index in [1.165, 1.54) is 0 Å². The van der Waals surface area contributed by atoms with Crippen molar-refractivity contribution in [2.75, 3.05) is 0 Å². The molecular formula is C4H4F3. The van der Waals surface area contributed by atoms with Crippen molar-refractivity contribution in [1.29, 1.82) is 0 Å². The topological polar surface area (TPSA) is 0 Å². The summed E-state index contributed by atoms with van der Waals surface area (Å²) in [6.07, 6.45) is -2.74. The third-order valence-electron chi connectivity index (χ3n) is 0.425. The molecule has 7 heavy (non-hydrogen) atoms. The van der Waals surface area contributed by atoms with Crippen molar-refractivity contribution in [3.63, 3.8) is 0 Å². The number of hydrogen-bond donors (Lipinski definition) is 0. The first-order chi connectivity index (χ1) is 3.18. The van der Waals surface area contributed by atoms with Crippen molar-refractivity contribution < 1.29 is 13.2 Å². The van der Waals surface area contributed by atoms with Gasteiger partial charge in [-0.2, -0.15) is 8.78 Å². The molecule has 0 nitrogen and oxygen atoms in total. The summed E-state index contributed by atoms with van der Waals surface area (Å²) in [6.45, 7) is 2.89. The summed E-state index contributed by atoms with van der Waals surface area (Å²) >= 11 is 0. The van der Waals surface area contributed by atoms with Gasteiger partial charge < -0.3 is 0 Å². The van der Waals surface area contributed by atoms with E-state index >= 15 is 0 Å². The SMILES string of the molecule is [CH2]CC(F)=C(F)F. The summed E-state index contributed by atoms with van der Waals surface area (Å²) in [6, 6.07) is 0. The molecule has 0 bridgehead atoms. The van der Waals surface area contributed by atoms with Crippen molar-refractivity contribution in [3.8, 4) is 0 Å². The highest BCUT2D eigenvalue weighted by Gasteiger charge is 1.98. The van der Waals surface area contributed by atoms with Gasteiger partial charge in [0.25, 0.3) is 0 Å². The Morgan fingerprint density at radius 3 is 1.71 bits per heavy atom. The van der Waals surface area contributed by atoms with Gasteiger partial charge in [0.2, 0.25) is 0 Å². The van der Waals surface area contributed by atoms with Gasteiger partial charge in [0.15, 0.2) is 5.83 Å². The van der Waals surface area contributed by atoms with Crippen LogP contribution in [0.1, 0.15) is 6.42 Å². The zero-order valence-corrected chi connectivity index (χ0v) is 3.55. The minimum atomic E-state index is -2.27. The second kappa shape index (κ2) is 2.66. The van der Waals surface area contributed by atoms with E-state index in [1.807, 2.05) is 0 Å². The molecule has 0 aliphatic rings. The Kier molecular flexibility index (Phi) is 2.48. The maximum atomic E-state index is 11.3. The van der Waals surface area contributed by atoms with Crippen LogP contribution in [0.15, 0.2) is 11.9 Å². The largest absolute Gasteiger partial charge is 0.301 e. The van der Waals surface area contributed by atoms with Gasteiger partial charge in [-0.15, -0.1) is 0 Å². The second-order valence-electron chi connectivity index (χ2n) is 0.915. The van der Waals surface area contributed by atoms with Crippen molar-refractivity contribution >= 4 is 0 Å². The highest BCUT2D eigenvalue weighted by molar-refractivity contribution is 4.91. The molecule has 0 aromatic heterocycles. The number of halogens is 3. The summed E-state index contributed by atoms with van der Waals surface area (Å²) in [5.41, 5.74) is 0.